The number of benzene rings is 1. The van der Waals surface area contributed by atoms with Gasteiger partial charge in [-0.2, -0.15) is 0 Å². The molecule has 0 saturated heterocycles. The fourth-order valence-electron chi connectivity index (χ4n) is 1.66. The number of carbonyl (C=O) groups is 1. The van der Waals surface area contributed by atoms with Crippen LogP contribution in [0.3, 0.4) is 0 Å². The highest BCUT2D eigenvalue weighted by Gasteiger charge is 2.13. The van der Waals surface area contributed by atoms with E-state index >= 15 is 0 Å². The van der Waals surface area contributed by atoms with Crippen molar-refractivity contribution in [2.45, 2.75) is 33.3 Å². The summed E-state index contributed by atoms with van der Waals surface area (Å²) in [6.07, 6.45) is 1.34. The fraction of sp³-hybridized carbons (Fsp3) is 0.462. The van der Waals surface area contributed by atoms with Gasteiger partial charge in [0.15, 0.2) is 17.9 Å². The topological polar surface area (TPSA) is 26.3 Å². The van der Waals surface area contributed by atoms with Crippen molar-refractivity contribution < 1.29 is 13.9 Å². The number of hydrogen-bond donors (Lipinski definition) is 0. The number of carbonyl (C=O) groups excluding carboxylic acids is 1. The summed E-state index contributed by atoms with van der Waals surface area (Å²) >= 11 is 0. The summed E-state index contributed by atoms with van der Waals surface area (Å²) in [6, 6.07) is 4.34. The predicted octanol–water partition coefficient (Wildman–Crippen LogP) is 3.45. The van der Waals surface area contributed by atoms with Crippen molar-refractivity contribution in [3.63, 3.8) is 0 Å². The normalized spacial score (nSPS) is 12.6. The van der Waals surface area contributed by atoms with E-state index in [0.29, 0.717) is 12.2 Å². The van der Waals surface area contributed by atoms with E-state index < -0.39 is 5.82 Å². The largest absolute Gasteiger partial charge is 0.487 e. The number of aldehydes is 1. The molecule has 0 amide bonds. The third-order valence-corrected chi connectivity index (χ3v) is 2.25. The summed E-state index contributed by atoms with van der Waals surface area (Å²) < 4.78 is 18.9. The van der Waals surface area contributed by atoms with Crippen LogP contribution in [0, 0.1) is 11.7 Å². The summed E-state index contributed by atoms with van der Waals surface area (Å²) in [5, 5.41) is 0. The highest BCUT2D eigenvalue weighted by atomic mass is 19.1. The highest BCUT2D eigenvalue weighted by Crippen LogP contribution is 2.23. The van der Waals surface area contributed by atoms with E-state index in [2.05, 4.69) is 13.8 Å². The highest BCUT2D eigenvalue weighted by molar-refractivity contribution is 5.79. The zero-order valence-corrected chi connectivity index (χ0v) is 9.87. The van der Waals surface area contributed by atoms with Crippen molar-refractivity contribution in [3.05, 3.63) is 29.6 Å². The Labute approximate surface area is 95.4 Å². The van der Waals surface area contributed by atoms with Gasteiger partial charge in [-0.1, -0.05) is 19.9 Å². The van der Waals surface area contributed by atoms with Gasteiger partial charge in [-0.3, -0.25) is 4.79 Å². The molecule has 1 atom stereocenters. The lowest BCUT2D eigenvalue weighted by Gasteiger charge is -2.18. The number of hydrogen-bond acceptors (Lipinski definition) is 2. The molecule has 0 aliphatic carbocycles. The van der Waals surface area contributed by atoms with Crippen LogP contribution in [0.4, 0.5) is 4.39 Å². The van der Waals surface area contributed by atoms with Crippen LogP contribution in [0.1, 0.15) is 37.6 Å². The molecular formula is C13H17FO2. The summed E-state index contributed by atoms with van der Waals surface area (Å²) in [5.74, 6) is 0.0484. The monoisotopic (exact) mass is 224 g/mol. The third kappa shape index (κ3) is 3.33. The van der Waals surface area contributed by atoms with Gasteiger partial charge in [0.25, 0.3) is 0 Å². The Kier molecular flexibility index (Phi) is 4.47. The molecule has 3 heteroatoms. The average molecular weight is 224 g/mol. The molecule has 0 heterocycles. The van der Waals surface area contributed by atoms with Crippen molar-refractivity contribution >= 4 is 6.29 Å². The minimum absolute atomic E-state index is 0.0608. The Hall–Kier alpha value is -1.38. The van der Waals surface area contributed by atoms with Gasteiger partial charge in [0, 0.05) is 0 Å². The zero-order chi connectivity index (χ0) is 12.1. The Morgan fingerprint density at radius 1 is 1.38 bits per heavy atom. The maximum atomic E-state index is 13.5. The van der Waals surface area contributed by atoms with Crippen LogP contribution >= 0.6 is 0 Å². The summed E-state index contributed by atoms with van der Waals surface area (Å²) in [7, 11) is 0. The Balaban J connectivity index is 2.83. The van der Waals surface area contributed by atoms with Gasteiger partial charge >= 0.3 is 0 Å². The minimum atomic E-state index is -0.486. The summed E-state index contributed by atoms with van der Waals surface area (Å²) in [5.41, 5.74) is 0.260. The number of ether oxygens (including phenoxy) is 1. The van der Waals surface area contributed by atoms with E-state index in [0.717, 1.165) is 6.42 Å². The Morgan fingerprint density at radius 3 is 2.62 bits per heavy atom. The van der Waals surface area contributed by atoms with Gasteiger partial charge in [0.05, 0.1) is 11.7 Å². The van der Waals surface area contributed by atoms with Gasteiger partial charge in [-0.05, 0) is 31.4 Å². The summed E-state index contributed by atoms with van der Waals surface area (Å²) in [6.45, 7) is 6.02. The maximum absolute atomic E-state index is 13.5. The second-order valence-electron chi connectivity index (χ2n) is 4.33. The van der Waals surface area contributed by atoms with Crippen LogP contribution in [-0.2, 0) is 0 Å². The Bertz CT molecular complexity index is 361. The fourth-order valence-corrected chi connectivity index (χ4v) is 1.66. The molecule has 88 valence electrons. The molecule has 2 nitrogen and oxygen atoms in total. The van der Waals surface area contributed by atoms with Crippen LogP contribution in [0.5, 0.6) is 5.75 Å². The van der Waals surface area contributed by atoms with Crippen LogP contribution < -0.4 is 4.74 Å². The molecule has 16 heavy (non-hydrogen) atoms. The van der Waals surface area contributed by atoms with E-state index in [1.165, 1.54) is 12.1 Å². The molecule has 0 aliphatic heterocycles. The lowest BCUT2D eigenvalue weighted by Crippen LogP contribution is -2.16. The average Bonchev–Trinajstić information content (AvgIpc) is 2.20. The molecule has 1 rings (SSSR count). The first-order chi connectivity index (χ1) is 7.54. The first-order valence-electron chi connectivity index (χ1n) is 5.45. The van der Waals surface area contributed by atoms with E-state index in [1.54, 1.807) is 6.07 Å². The third-order valence-electron chi connectivity index (χ3n) is 2.25. The van der Waals surface area contributed by atoms with E-state index in [4.69, 9.17) is 4.74 Å². The van der Waals surface area contributed by atoms with Gasteiger partial charge in [-0.25, -0.2) is 4.39 Å². The smallest absolute Gasteiger partial charge is 0.165 e. The molecule has 0 radical (unpaired) electrons. The van der Waals surface area contributed by atoms with Crippen molar-refractivity contribution in [1.29, 1.82) is 0 Å². The first-order valence-corrected chi connectivity index (χ1v) is 5.45. The van der Waals surface area contributed by atoms with Crippen LogP contribution in [0.15, 0.2) is 18.2 Å². The molecule has 0 aromatic heterocycles. The van der Waals surface area contributed by atoms with Gasteiger partial charge in [0.1, 0.15) is 0 Å². The van der Waals surface area contributed by atoms with Crippen LogP contribution in [0.25, 0.3) is 0 Å². The Morgan fingerprint density at radius 2 is 2.06 bits per heavy atom. The van der Waals surface area contributed by atoms with Crippen LogP contribution in [-0.4, -0.2) is 12.4 Å². The van der Waals surface area contributed by atoms with E-state index in [9.17, 15) is 9.18 Å². The molecule has 0 saturated carbocycles. The van der Waals surface area contributed by atoms with Gasteiger partial charge in [0.2, 0.25) is 0 Å². The summed E-state index contributed by atoms with van der Waals surface area (Å²) in [4.78, 5) is 10.7. The standard InChI is InChI=1S/C13H17FO2/c1-9(2)7-10(3)16-13-11(8-15)5-4-6-12(13)14/h4-6,8-10H,7H2,1-3H3. The predicted molar refractivity (Wildman–Crippen MR) is 61.3 cm³/mol. The molecule has 1 aromatic carbocycles. The van der Waals surface area contributed by atoms with E-state index in [1.807, 2.05) is 6.92 Å². The minimum Gasteiger partial charge on any atom is -0.487 e. The van der Waals surface area contributed by atoms with Gasteiger partial charge in [-0.15, -0.1) is 0 Å². The number of para-hydroxylation sites is 1. The zero-order valence-electron chi connectivity index (χ0n) is 9.87. The van der Waals surface area contributed by atoms with Crippen molar-refractivity contribution in [1.82, 2.24) is 0 Å². The van der Waals surface area contributed by atoms with Crippen molar-refractivity contribution in [3.8, 4) is 5.75 Å². The number of rotatable bonds is 5. The molecule has 1 unspecified atom stereocenters. The lowest BCUT2D eigenvalue weighted by atomic mass is 10.1. The quantitative estimate of drug-likeness (QED) is 0.716. The van der Waals surface area contributed by atoms with Crippen LogP contribution in [0.2, 0.25) is 0 Å². The van der Waals surface area contributed by atoms with Crippen molar-refractivity contribution in [2.75, 3.05) is 0 Å². The molecule has 0 N–H and O–H groups in total. The first kappa shape index (κ1) is 12.7. The van der Waals surface area contributed by atoms with Gasteiger partial charge < -0.3 is 4.74 Å². The van der Waals surface area contributed by atoms with Crippen molar-refractivity contribution in [2.24, 2.45) is 5.92 Å². The molecule has 1 aromatic rings. The second kappa shape index (κ2) is 5.64. The second-order valence-corrected chi connectivity index (χ2v) is 4.33. The molecular weight excluding hydrogens is 207 g/mol. The SMILES string of the molecule is CC(C)CC(C)Oc1c(F)cccc1C=O. The molecule has 0 fully saturated rings. The number of halogens is 1. The lowest BCUT2D eigenvalue weighted by molar-refractivity contribution is 0.111. The molecule has 0 bridgehead atoms. The maximum Gasteiger partial charge on any atom is 0.165 e. The molecule has 0 spiro atoms. The molecule has 0 aliphatic rings. The van der Waals surface area contributed by atoms with E-state index in [-0.39, 0.29) is 17.4 Å².